The van der Waals surface area contributed by atoms with Crippen LogP contribution in [0.2, 0.25) is 0 Å². The number of ether oxygens (including phenoxy) is 1. The Labute approximate surface area is 134 Å². The van der Waals surface area contributed by atoms with E-state index in [4.69, 9.17) is 4.74 Å². The Balaban J connectivity index is 1.62. The maximum Gasteiger partial charge on any atom is 0.227 e. The monoisotopic (exact) mass is 320 g/mol. The first-order valence-corrected chi connectivity index (χ1v) is 7.98. The van der Waals surface area contributed by atoms with E-state index < -0.39 is 0 Å². The lowest BCUT2D eigenvalue weighted by Gasteiger charge is -2.33. The number of likely N-dealkylation sites (tertiary alicyclic amines) is 1. The van der Waals surface area contributed by atoms with Crippen LogP contribution in [0.1, 0.15) is 30.7 Å². The van der Waals surface area contributed by atoms with Crippen molar-refractivity contribution in [2.75, 3.05) is 26.7 Å². The highest BCUT2D eigenvalue weighted by Gasteiger charge is 2.33. The number of piperidine rings is 1. The molecule has 0 radical (unpaired) electrons. The van der Waals surface area contributed by atoms with Crippen LogP contribution in [0.5, 0.6) is 5.75 Å². The topological polar surface area (TPSA) is 58.6 Å². The van der Waals surface area contributed by atoms with E-state index in [1.807, 2.05) is 0 Å². The SMILES string of the molecule is COc1cccc(C2CCN(C(=O)C3CNC(=O)C3)CC2)c1F. The van der Waals surface area contributed by atoms with Gasteiger partial charge in [-0.15, -0.1) is 0 Å². The van der Waals surface area contributed by atoms with Gasteiger partial charge in [-0.25, -0.2) is 4.39 Å². The Hall–Kier alpha value is -2.11. The lowest BCUT2D eigenvalue weighted by Crippen LogP contribution is -2.42. The zero-order valence-corrected chi connectivity index (χ0v) is 13.2. The minimum atomic E-state index is -0.301. The van der Waals surface area contributed by atoms with E-state index in [0.29, 0.717) is 25.2 Å². The van der Waals surface area contributed by atoms with E-state index >= 15 is 0 Å². The van der Waals surface area contributed by atoms with Crippen LogP contribution in [0.15, 0.2) is 18.2 Å². The van der Waals surface area contributed by atoms with Crippen molar-refractivity contribution in [3.05, 3.63) is 29.6 Å². The number of methoxy groups -OCH3 is 1. The van der Waals surface area contributed by atoms with Crippen molar-refractivity contribution in [2.45, 2.75) is 25.2 Å². The molecular weight excluding hydrogens is 299 g/mol. The fourth-order valence-corrected chi connectivity index (χ4v) is 3.45. The number of carbonyl (C=O) groups is 2. The molecule has 1 aromatic rings. The molecule has 2 aliphatic rings. The zero-order valence-electron chi connectivity index (χ0n) is 13.2. The summed E-state index contributed by atoms with van der Waals surface area (Å²) in [5, 5.41) is 2.69. The molecule has 1 unspecified atom stereocenters. The van der Waals surface area contributed by atoms with Crippen molar-refractivity contribution in [3.63, 3.8) is 0 Å². The number of rotatable bonds is 3. The molecule has 2 saturated heterocycles. The number of hydrogen-bond acceptors (Lipinski definition) is 3. The quantitative estimate of drug-likeness (QED) is 0.922. The second-order valence-corrected chi connectivity index (χ2v) is 6.17. The molecule has 124 valence electrons. The Morgan fingerprint density at radius 2 is 2.09 bits per heavy atom. The largest absolute Gasteiger partial charge is 0.494 e. The molecule has 2 amide bonds. The lowest BCUT2D eigenvalue weighted by molar-refractivity contribution is -0.136. The van der Waals surface area contributed by atoms with Gasteiger partial charge in [0.25, 0.3) is 0 Å². The van der Waals surface area contributed by atoms with Crippen LogP contribution in [0, 0.1) is 11.7 Å². The van der Waals surface area contributed by atoms with E-state index in [2.05, 4.69) is 5.32 Å². The van der Waals surface area contributed by atoms with Gasteiger partial charge in [0.05, 0.1) is 13.0 Å². The fraction of sp³-hybridized carbons (Fsp3) is 0.529. The Kier molecular flexibility index (Phi) is 4.50. The smallest absolute Gasteiger partial charge is 0.227 e. The molecule has 6 heteroatoms. The average molecular weight is 320 g/mol. The summed E-state index contributed by atoms with van der Waals surface area (Å²) >= 11 is 0. The fourth-order valence-electron chi connectivity index (χ4n) is 3.45. The molecule has 0 aromatic heterocycles. The molecule has 3 rings (SSSR count). The van der Waals surface area contributed by atoms with Crippen LogP contribution in [-0.4, -0.2) is 43.5 Å². The van der Waals surface area contributed by atoms with Gasteiger partial charge in [0.2, 0.25) is 11.8 Å². The number of carbonyl (C=O) groups excluding carboxylic acids is 2. The highest BCUT2D eigenvalue weighted by molar-refractivity contribution is 5.89. The summed E-state index contributed by atoms with van der Waals surface area (Å²) in [6.45, 7) is 1.64. The van der Waals surface area contributed by atoms with E-state index in [-0.39, 0.29) is 41.6 Å². The van der Waals surface area contributed by atoms with E-state index in [9.17, 15) is 14.0 Å². The van der Waals surface area contributed by atoms with Gasteiger partial charge in [-0.05, 0) is 30.4 Å². The summed E-state index contributed by atoms with van der Waals surface area (Å²) in [4.78, 5) is 25.4. The second kappa shape index (κ2) is 6.56. The van der Waals surface area contributed by atoms with Gasteiger partial charge in [0.1, 0.15) is 0 Å². The number of benzene rings is 1. The Morgan fingerprint density at radius 3 is 2.70 bits per heavy atom. The molecule has 0 bridgehead atoms. The van der Waals surface area contributed by atoms with E-state index in [1.54, 1.807) is 23.1 Å². The standard InChI is InChI=1S/C17H21FN2O3/c1-23-14-4-2-3-13(16(14)18)11-5-7-20(8-6-11)17(22)12-9-15(21)19-10-12/h2-4,11-12H,5-10H2,1H3,(H,19,21). The molecule has 5 nitrogen and oxygen atoms in total. The molecule has 23 heavy (non-hydrogen) atoms. The molecule has 2 fully saturated rings. The van der Waals surface area contributed by atoms with Gasteiger partial charge >= 0.3 is 0 Å². The molecule has 0 aliphatic carbocycles. The summed E-state index contributed by atoms with van der Waals surface area (Å²) in [6.07, 6.45) is 1.73. The first-order valence-electron chi connectivity index (χ1n) is 7.98. The van der Waals surface area contributed by atoms with Gasteiger partial charge in [0, 0.05) is 26.1 Å². The van der Waals surface area contributed by atoms with E-state index in [0.717, 1.165) is 12.8 Å². The summed E-state index contributed by atoms with van der Waals surface area (Å²) in [5.41, 5.74) is 0.661. The highest BCUT2D eigenvalue weighted by Crippen LogP contribution is 2.33. The summed E-state index contributed by atoms with van der Waals surface area (Å²) < 4.78 is 19.4. The zero-order chi connectivity index (χ0) is 16.4. The van der Waals surface area contributed by atoms with Crippen LogP contribution < -0.4 is 10.1 Å². The normalized spacial score (nSPS) is 22.1. The van der Waals surface area contributed by atoms with Crippen molar-refractivity contribution in [2.24, 2.45) is 5.92 Å². The predicted molar refractivity (Wildman–Crippen MR) is 82.6 cm³/mol. The average Bonchev–Trinajstić information content (AvgIpc) is 3.01. The molecular formula is C17H21FN2O3. The molecule has 1 N–H and O–H groups in total. The minimum absolute atomic E-state index is 0.0351. The van der Waals surface area contributed by atoms with Gasteiger partial charge in [-0.2, -0.15) is 0 Å². The Morgan fingerprint density at radius 1 is 1.35 bits per heavy atom. The number of amides is 2. The van der Waals surface area contributed by atoms with E-state index in [1.165, 1.54) is 7.11 Å². The maximum absolute atomic E-state index is 14.4. The van der Waals surface area contributed by atoms with Crippen LogP contribution in [-0.2, 0) is 9.59 Å². The number of nitrogens with one attached hydrogen (secondary N) is 1. The lowest BCUT2D eigenvalue weighted by atomic mass is 9.88. The van der Waals surface area contributed by atoms with Gasteiger partial charge in [0.15, 0.2) is 11.6 Å². The molecule has 1 aromatic carbocycles. The first kappa shape index (κ1) is 15.8. The number of halogens is 1. The van der Waals surface area contributed by atoms with Crippen molar-refractivity contribution in [1.29, 1.82) is 0 Å². The summed E-state index contributed by atoms with van der Waals surface area (Å²) in [7, 11) is 1.46. The van der Waals surface area contributed by atoms with Crippen molar-refractivity contribution in [1.82, 2.24) is 10.2 Å². The van der Waals surface area contributed by atoms with Gasteiger partial charge < -0.3 is 15.0 Å². The third-order valence-corrected chi connectivity index (χ3v) is 4.79. The highest BCUT2D eigenvalue weighted by atomic mass is 19.1. The minimum Gasteiger partial charge on any atom is -0.494 e. The maximum atomic E-state index is 14.4. The molecule has 0 spiro atoms. The van der Waals surface area contributed by atoms with Crippen molar-refractivity contribution >= 4 is 11.8 Å². The summed E-state index contributed by atoms with van der Waals surface area (Å²) in [5.74, 6) is -0.211. The number of hydrogen-bond donors (Lipinski definition) is 1. The number of nitrogens with zero attached hydrogens (tertiary/aromatic N) is 1. The third-order valence-electron chi connectivity index (χ3n) is 4.79. The van der Waals surface area contributed by atoms with Crippen molar-refractivity contribution in [3.8, 4) is 5.75 Å². The summed E-state index contributed by atoms with van der Waals surface area (Å²) in [6, 6.07) is 5.20. The Bertz CT molecular complexity index is 612. The van der Waals surface area contributed by atoms with Crippen LogP contribution in [0.3, 0.4) is 0 Å². The molecule has 2 heterocycles. The molecule has 2 aliphatic heterocycles. The molecule has 1 atom stereocenters. The van der Waals surface area contributed by atoms with Crippen molar-refractivity contribution < 1.29 is 18.7 Å². The van der Waals surface area contributed by atoms with Crippen LogP contribution >= 0.6 is 0 Å². The first-order chi connectivity index (χ1) is 11.1. The predicted octanol–water partition coefficient (Wildman–Crippen LogP) is 1.68. The van der Waals surface area contributed by atoms with Gasteiger partial charge in [-0.1, -0.05) is 12.1 Å². The third kappa shape index (κ3) is 3.16. The second-order valence-electron chi connectivity index (χ2n) is 6.17. The van der Waals surface area contributed by atoms with Crippen LogP contribution in [0.4, 0.5) is 4.39 Å². The molecule has 0 saturated carbocycles. The van der Waals surface area contributed by atoms with Crippen LogP contribution in [0.25, 0.3) is 0 Å². The van der Waals surface area contributed by atoms with Gasteiger partial charge in [-0.3, -0.25) is 9.59 Å².